The highest BCUT2D eigenvalue weighted by atomic mass is 16.6. The van der Waals surface area contributed by atoms with Crippen molar-refractivity contribution >= 4 is 11.6 Å². The number of amides is 1. The van der Waals surface area contributed by atoms with Gasteiger partial charge in [-0.3, -0.25) is 24.6 Å². The molecule has 0 aromatic carbocycles. The Hall–Kier alpha value is -2.97. The van der Waals surface area contributed by atoms with Gasteiger partial charge >= 0.3 is 5.69 Å². The first-order valence-corrected chi connectivity index (χ1v) is 7.50. The second-order valence-corrected chi connectivity index (χ2v) is 5.64. The van der Waals surface area contributed by atoms with E-state index in [0.717, 1.165) is 18.2 Å². The zero-order chi connectivity index (χ0) is 17.1. The predicted molar refractivity (Wildman–Crippen MR) is 83.6 cm³/mol. The molecule has 3 rings (SSSR count). The van der Waals surface area contributed by atoms with E-state index in [1.807, 2.05) is 6.07 Å². The molecule has 1 atom stereocenters. The molecule has 0 saturated carbocycles. The fraction of sp³-hybridized carbons (Fsp3) is 0.400. The van der Waals surface area contributed by atoms with Gasteiger partial charge < -0.3 is 9.64 Å². The van der Waals surface area contributed by atoms with Crippen molar-refractivity contribution in [2.75, 3.05) is 20.2 Å². The standard InChI is InChI=1S/C15H17N5O4/c1-24-14-4-12(5-16-7-14)11-2-3-18(8-11)15(21)10-19-9-13(6-17-19)20(22)23/h4-7,9,11H,2-3,8,10H2,1H3. The van der Waals surface area contributed by atoms with Crippen LogP contribution in [0.4, 0.5) is 5.69 Å². The molecule has 0 bridgehead atoms. The molecular weight excluding hydrogens is 314 g/mol. The lowest BCUT2D eigenvalue weighted by molar-refractivity contribution is -0.385. The van der Waals surface area contributed by atoms with E-state index in [1.165, 1.54) is 10.9 Å². The summed E-state index contributed by atoms with van der Waals surface area (Å²) in [5.74, 6) is 0.802. The lowest BCUT2D eigenvalue weighted by atomic mass is 10.0. The fourth-order valence-electron chi connectivity index (χ4n) is 2.80. The van der Waals surface area contributed by atoms with Gasteiger partial charge in [0.25, 0.3) is 0 Å². The number of pyridine rings is 1. The summed E-state index contributed by atoms with van der Waals surface area (Å²) in [7, 11) is 1.59. The van der Waals surface area contributed by atoms with Crippen LogP contribution in [0.2, 0.25) is 0 Å². The van der Waals surface area contributed by atoms with Gasteiger partial charge in [0.2, 0.25) is 5.91 Å². The van der Waals surface area contributed by atoms with E-state index in [1.54, 1.807) is 24.4 Å². The Balaban J connectivity index is 1.61. The zero-order valence-electron chi connectivity index (χ0n) is 13.2. The summed E-state index contributed by atoms with van der Waals surface area (Å²) in [6.45, 7) is 1.23. The van der Waals surface area contributed by atoms with E-state index in [0.29, 0.717) is 18.8 Å². The molecule has 1 unspecified atom stereocenters. The van der Waals surface area contributed by atoms with Crippen LogP contribution in [0.15, 0.2) is 30.9 Å². The summed E-state index contributed by atoms with van der Waals surface area (Å²) in [5, 5.41) is 14.5. The monoisotopic (exact) mass is 331 g/mol. The molecule has 1 amide bonds. The van der Waals surface area contributed by atoms with Crippen LogP contribution in [-0.2, 0) is 11.3 Å². The van der Waals surface area contributed by atoms with E-state index in [-0.39, 0.29) is 24.1 Å². The Morgan fingerprint density at radius 3 is 3.00 bits per heavy atom. The van der Waals surface area contributed by atoms with Crippen molar-refractivity contribution in [2.45, 2.75) is 18.9 Å². The van der Waals surface area contributed by atoms with Crippen LogP contribution >= 0.6 is 0 Å². The molecule has 0 N–H and O–H groups in total. The highest BCUT2D eigenvalue weighted by Crippen LogP contribution is 2.28. The number of methoxy groups -OCH3 is 1. The molecule has 2 aromatic rings. The quantitative estimate of drug-likeness (QED) is 0.602. The normalized spacial score (nSPS) is 17.0. The molecule has 1 fully saturated rings. The number of ether oxygens (including phenoxy) is 1. The SMILES string of the molecule is COc1cncc(C2CCN(C(=O)Cn3cc([N+](=O)[O-])cn3)C2)c1. The molecule has 0 spiro atoms. The summed E-state index contributed by atoms with van der Waals surface area (Å²) in [6, 6.07) is 1.93. The molecule has 0 radical (unpaired) electrons. The third-order valence-corrected chi connectivity index (χ3v) is 4.11. The van der Waals surface area contributed by atoms with Gasteiger partial charge in [-0.25, -0.2) is 0 Å². The van der Waals surface area contributed by atoms with Crippen molar-refractivity contribution in [1.82, 2.24) is 19.7 Å². The third-order valence-electron chi connectivity index (χ3n) is 4.11. The Morgan fingerprint density at radius 2 is 2.29 bits per heavy atom. The number of rotatable bonds is 5. The molecule has 1 aliphatic heterocycles. The summed E-state index contributed by atoms with van der Waals surface area (Å²) in [4.78, 5) is 28.4. The number of carbonyl (C=O) groups is 1. The van der Waals surface area contributed by atoms with E-state index >= 15 is 0 Å². The van der Waals surface area contributed by atoms with Crippen molar-refractivity contribution in [3.05, 3.63) is 46.5 Å². The molecule has 9 heteroatoms. The Morgan fingerprint density at radius 1 is 1.46 bits per heavy atom. The first-order valence-electron chi connectivity index (χ1n) is 7.50. The third kappa shape index (κ3) is 3.34. The maximum atomic E-state index is 12.3. The number of nitro groups is 1. The van der Waals surface area contributed by atoms with Gasteiger partial charge in [0.05, 0.1) is 18.2 Å². The van der Waals surface area contributed by atoms with Crippen molar-refractivity contribution < 1.29 is 14.5 Å². The number of nitrogens with zero attached hydrogens (tertiary/aromatic N) is 5. The van der Waals surface area contributed by atoms with E-state index in [4.69, 9.17) is 4.74 Å². The molecular formula is C15H17N5O4. The molecule has 1 aliphatic rings. The van der Waals surface area contributed by atoms with Gasteiger partial charge in [-0.15, -0.1) is 0 Å². The predicted octanol–water partition coefficient (Wildman–Crippen LogP) is 1.21. The van der Waals surface area contributed by atoms with Gasteiger partial charge in [-0.05, 0) is 18.1 Å². The van der Waals surface area contributed by atoms with Crippen LogP contribution in [-0.4, -0.2) is 50.7 Å². The van der Waals surface area contributed by atoms with E-state index in [2.05, 4.69) is 10.1 Å². The number of carbonyl (C=O) groups excluding carboxylic acids is 1. The minimum atomic E-state index is -0.532. The maximum absolute atomic E-state index is 12.3. The van der Waals surface area contributed by atoms with Crippen LogP contribution in [0, 0.1) is 10.1 Å². The largest absolute Gasteiger partial charge is 0.495 e. The summed E-state index contributed by atoms with van der Waals surface area (Å²) >= 11 is 0. The number of hydrogen-bond acceptors (Lipinski definition) is 6. The molecule has 126 valence electrons. The summed E-state index contributed by atoms with van der Waals surface area (Å²) in [5.41, 5.74) is 0.920. The number of hydrogen-bond donors (Lipinski definition) is 0. The van der Waals surface area contributed by atoms with Gasteiger partial charge in [0, 0.05) is 25.2 Å². The van der Waals surface area contributed by atoms with Crippen LogP contribution in [0.1, 0.15) is 17.9 Å². The molecule has 3 heterocycles. The Bertz CT molecular complexity index is 760. The Labute approximate surface area is 138 Å². The second kappa shape index (κ2) is 6.65. The van der Waals surface area contributed by atoms with Crippen molar-refractivity contribution in [3.63, 3.8) is 0 Å². The average Bonchev–Trinajstić information content (AvgIpc) is 3.24. The Kier molecular flexibility index (Phi) is 4.41. The fourth-order valence-corrected chi connectivity index (χ4v) is 2.80. The second-order valence-electron chi connectivity index (χ2n) is 5.64. The highest BCUT2D eigenvalue weighted by molar-refractivity contribution is 5.76. The lowest BCUT2D eigenvalue weighted by Gasteiger charge is -2.16. The molecule has 1 saturated heterocycles. The summed E-state index contributed by atoms with van der Waals surface area (Å²) in [6.07, 6.45) is 6.68. The number of aromatic nitrogens is 3. The summed E-state index contributed by atoms with van der Waals surface area (Å²) < 4.78 is 6.47. The maximum Gasteiger partial charge on any atom is 0.307 e. The van der Waals surface area contributed by atoms with Crippen molar-refractivity contribution in [2.24, 2.45) is 0 Å². The van der Waals surface area contributed by atoms with E-state index < -0.39 is 4.92 Å². The molecule has 2 aromatic heterocycles. The van der Waals surface area contributed by atoms with E-state index in [9.17, 15) is 14.9 Å². The van der Waals surface area contributed by atoms with Gasteiger partial charge in [0.1, 0.15) is 24.7 Å². The average molecular weight is 331 g/mol. The van der Waals surface area contributed by atoms with Crippen LogP contribution < -0.4 is 4.74 Å². The van der Waals surface area contributed by atoms with Crippen LogP contribution in [0.5, 0.6) is 5.75 Å². The topological polar surface area (TPSA) is 103 Å². The highest BCUT2D eigenvalue weighted by Gasteiger charge is 2.28. The van der Waals surface area contributed by atoms with Crippen LogP contribution in [0.25, 0.3) is 0 Å². The smallest absolute Gasteiger partial charge is 0.307 e. The van der Waals surface area contributed by atoms with Gasteiger partial charge in [-0.1, -0.05) is 0 Å². The zero-order valence-corrected chi connectivity index (χ0v) is 13.2. The molecule has 24 heavy (non-hydrogen) atoms. The lowest BCUT2D eigenvalue weighted by Crippen LogP contribution is -2.31. The minimum Gasteiger partial charge on any atom is -0.495 e. The number of likely N-dealkylation sites (tertiary alicyclic amines) is 1. The van der Waals surface area contributed by atoms with Gasteiger partial charge in [0.15, 0.2) is 0 Å². The molecule has 9 nitrogen and oxygen atoms in total. The van der Waals surface area contributed by atoms with Crippen molar-refractivity contribution in [1.29, 1.82) is 0 Å². The minimum absolute atomic E-state index is 0.00305. The van der Waals surface area contributed by atoms with Crippen LogP contribution in [0.3, 0.4) is 0 Å². The first kappa shape index (κ1) is 15.9. The van der Waals surface area contributed by atoms with Gasteiger partial charge in [-0.2, -0.15) is 5.10 Å². The first-order chi connectivity index (χ1) is 11.6. The molecule has 0 aliphatic carbocycles. The van der Waals surface area contributed by atoms with Crippen molar-refractivity contribution in [3.8, 4) is 5.75 Å².